The minimum atomic E-state index is -3.57. The van der Waals surface area contributed by atoms with E-state index in [1.807, 2.05) is 20.8 Å². The number of rotatable bonds is 5. The van der Waals surface area contributed by atoms with Gasteiger partial charge in [-0.15, -0.1) is 0 Å². The maximum absolute atomic E-state index is 12.6. The van der Waals surface area contributed by atoms with Gasteiger partial charge in [0.2, 0.25) is 15.9 Å². The summed E-state index contributed by atoms with van der Waals surface area (Å²) >= 11 is 0. The number of anilines is 1. The Labute approximate surface area is 144 Å². The van der Waals surface area contributed by atoms with E-state index in [1.165, 1.54) is 4.31 Å². The summed E-state index contributed by atoms with van der Waals surface area (Å²) < 4.78 is 26.6. The third-order valence-corrected chi connectivity index (χ3v) is 6.57. The molecule has 0 radical (unpaired) electrons. The quantitative estimate of drug-likeness (QED) is 0.848. The molecule has 1 amide bonds. The van der Waals surface area contributed by atoms with Crippen LogP contribution in [-0.4, -0.2) is 44.8 Å². The number of nitrogens with zero attached hydrogens (tertiary/aromatic N) is 1. The van der Waals surface area contributed by atoms with Gasteiger partial charge < -0.3 is 10.6 Å². The highest BCUT2D eigenvalue weighted by atomic mass is 32.2. The number of carbonyl (C=O) groups is 1. The number of sulfonamides is 1. The van der Waals surface area contributed by atoms with Crippen LogP contribution in [0.15, 0.2) is 23.1 Å². The summed E-state index contributed by atoms with van der Waals surface area (Å²) in [6.07, 6.45) is 1.83. The van der Waals surface area contributed by atoms with Gasteiger partial charge in [-0.2, -0.15) is 4.31 Å². The molecule has 1 unspecified atom stereocenters. The third kappa shape index (κ3) is 4.15. The number of carbonyl (C=O) groups excluding carboxylic acids is 1. The third-order valence-electron chi connectivity index (χ3n) is 4.54. The molecule has 1 heterocycles. The normalized spacial score (nSPS) is 18.8. The highest BCUT2D eigenvalue weighted by Crippen LogP contribution is 2.24. The zero-order valence-electron chi connectivity index (χ0n) is 14.8. The average molecular weight is 353 g/mol. The molecule has 2 rings (SSSR count). The first-order chi connectivity index (χ1) is 11.2. The van der Waals surface area contributed by atoms with Gasteiger partial charge in [0.05, 0.1) is 10.8 Å². The van der Waals surface area contributed by atoms with Crippen molar-refractivity contribution in [2.45, 2.75) is 44.6 Å². The SMILES string of the molecule is Cc1ccc(S(=O)(=O)N(C)C(C)C)cc1NC(=O)C1CCCNC1. The van der Waals surface area contributed by atoms with Crippen molar-refractivity contribution in [1.29, 1.82) is 0 Å². The molecule has 0 aliphatic carbocycles. The maximum atomic E-state index is 12.6. The molecule has 1 aliphatic rings. The van der Waals surface area contributed by atoms with Crippen LogP contribution in [0.25, 0.3) is 0 Å². The number of benzene rings is 1. The Morgan fingerprint density at radius 2 is 2.08 bits per heavy atom. The van der Waals surface area contributed by atoms with Crippen LogP contribution < -0.4 is 10.6 Å². The van der Waals surface area contributed by atoms with Gasteiger partial charge in [-0.25, -0.2) is 8.42 Å². The summed E-state index contributed by atoms with van der Waals surface area (Å²) in [4.78, 5) is 12.6. The van der Waals surface area contributed by atoms with Crippen LogP contribution in [0.4, 0.5) is 5.69 Å². The van der Waals surface area contributed by atoms with Crippen molar-refractivity contribution in [3.63, 3.8) is 0 Å². The van der Waals surface area contributed by atoms with Crippen LogP contribution in [0.2, 0.25) is 0 Å². The Hall–Kier alpha value is -1.44. The van der Waals surface area contributed by atoms with Gasteiger partial charge in [-0.1, -0.05) is 6.07 Å². The molecule has 0 saturated carbocycles. The van der Waals surface area contributed by atoms with E-state index in [4.69, 9.17) is 0 Å². The molecule has 0 spiro atoms. The highest BCUT2D eigenvalue weighted by Gasteiger charge is 2.25. The number of hydrogen-bond acceptors (Lipinski definition) is 4. The van der Waals surface area contributed by atoms with E-state index in [-0.39, 0.29) is 22.8 Å². The second-order valence-electron chi connectivity index (χ2n) is 6.62. The van der Waals surface area contributed by atoms with Gasteiger partial charge in [0.25, 0.3) is 0 Å². The molecule has 1 saturated heterocycles. The van der Waals surface area contributed by atoms with Crippen molar-refractivity contribution in [2.75, 3.05) is 25.5 Å². The van der Waals surface area contributed by atoms with Gasteiger partial charge in [0, 0.05) is 25.3 Å². The fourth-order valence-corrected chi connectivity index (χ4v) is 4.04. The van der Waals surface area contributed by atoms with Crippen molar-refractivity contribution < 1.29 is 13.2 Å². The molecule has 0 bridgehead atoms. The van der Waals surface area contributed by atoms with E-state index in [9.17, 15) is 13.2 Å². The number of aryl methyl sites for hydroxylation is 1. The summed E-state index contributed by atoms with van der Waals surface area (Å²) in [5.74, 6) is -0.131. The summed E-state index contributed by atoms with van der Waals surface area (Å²) in [5.41, 5.74) is 1.40. The fraction of sp³-hybridized carbons (Fsp3) is 0.588. The van der Waals surface area contributed by atoms with Gasteiger partial charge in [-0.05, 0) is 57.9 Å². The first-order valence-electron chi connectivity index (χ1n) is 8.33. The molecular weight excluding hydrogens is 326 g/mol. The van der Waals surface area contributed by atoms with Crippen LogP contribution in [-0.2, 0) is 14.8 Å². The Morgan fingerprint density at radius 3 is 2.67 bits per heavy atom. The first-order valence-corrected chi connectivity index (χ1v) is 9.77. The second-order valence-corrected chi connectivity index (χ2v) is 8.62. The smallest absolute Gasteiger partial charge is 0.243 e. The topological polar surface area (TPSA) is 78.5 Å². The lowest BCUT2D eigenvalue weighted by Crippen LogP contribution is -2.37. The molecule has 2 N–H and O–H groups in total. The van der Waals surface area contributed by atoms with E-state index in [0.29, 0.717) is 12.2 Å². The molecular formula is C17H27N3O3S. The highest BCUT2D eigenvalue weighted by molar-refractivity contribution is 7.89. The molecule has 1 aromatic carbocycles. The van der Waals surface area contributed by atoms with E-state index < -0.39 is 10.0 Å². The monoisotopic (exact) mass is 353 g/mol. The Balaban J connectivity index is 2.24. The zero-order valence-corrected chi connectivity index (χ0v) is 15.6. The predicted octanol–water partition coefficient (Wildman–Crippen LogP) is 1.96. The predicted molar refractivity (Wildman–Crippen MR) is 95.5 cm³/mol. The van der Waals surface area contributed by atoms with Crippen LogP contribution in [0.5, 0.6) is 0 Å². The van der Waals surface area contributed by atoms with Crippen molar-refractivity contribution in [3.8, 4) is 0 Å². The summed E-state index contributed by atoms with van der Waals surface area (Å²) in [5, 5.41) is 6.11. The summed E-state index contributed by atoms with van der Waals surface area (Å²) in [6.45, 7) is 7.11. The zero-order chi connectivity index (χ0) is 17.9. The number of hydrogen-bond donors (Lipinski definition) is 2. The summed E-state index contributed by atoms with van der Waals surface area (Å²) in [7, 11) is -2.01. The van der Waals surface area contributed by atoms with Crippen LogP contribution in [0.1, 0.15) is 32.3 Å². The Kier molecular flexibility index (Phi) is 6.01. The lowest BCUT2D eigenvalue weighted by molar-refractivity contribution is -0.120. The van der Waals surface area contributed by atoms with Crippen LogP contribution >= 0.6 is 0 Å². The van der Waals surface area contributed by atoms with Crippen LogP contribution in [0.3, 0.4) is 0 Å². The van der Waals surface area contributed by atoms with E-state index >= 15 is 0 Å². The molecule has 24 heavy (non-hydrogen) atoms. The van der Waals surface area contributed by atoms with E-state index in [1.54, 1.807) is 25.2 Å². The van der Waals surface area contributed by atoms with Crippen LogP contribution in [0, 0.1) is 12.8 Å². The number of nitrogens with one attached hydrogen (secondary N) is 2. The van der Waals surface area contributed by atoms with Crippen molar-refractivity contribution >= 4 is 21.6 Å². The van der Waals surface area contributed by atoms with Gasteiger partial charge in [-0.3, -0.25) is 4.79 Å². The number of amides is 1. The van der Waals surface area contributed by atoms with Gasteiger partial charge in [0.15, 0.2) is 0 Å². The van der Waals surface area contributed by atoms with E-state index in [2.05, 4.69) is 10.6 Å². The average Bonchev–Trinajstić information content (AvgIpc) is 2.56. The first kappa shape index (κ1) is 18.9. The molecule has 1 aliphatic heterocycles. The Bertz CT molecular complexity index is 695. The lowest BCUT2D eigenvalue weighted by atomic mass is 9.98. The Morgan fingerprint density at radius 1 is 1.38 bits per heavy atom. The van der Waals surface area contributed by atoms with Crippen molar-refractivity contribution in [2.24, 2.45) is 5.92 Å². The van der Waals surface area contributed by atoms with Crippen molar-refractivity contribution in [3.05, 3.63) is 23.8 Å². The maximum Gasteiger partial charge on any atom is 0.243 e. The summed E-state index contributed by atoms with van der Waals surface area (Å²) in [6, 6.07) is 4.73. The molecule has 134 valence electrons. The molecule has 7 heteroatoms. The number of piperidine rings is 1. The minimum absolute atomic E-state index is 0.0583. The second kappa shape index (κ2) is 7.63. The van der Waals surface area contributed by atoms with Gasteiger partial charge in [0.1, 0.15) is 0 Å². The molecule has 1 aromatic rings. The molecule has 6 nitrogen and oxygen atoms in total. The van der Waals surface area contributed by atoms with Gasteiger partial charge >= 0.3 is 0 Å². The van der Waals surface area contributed by atoms with Crippen molar-refractivity contribution in [1.82, 2.24) is 9.62 Å². The molecule has 1 fully saturated rings. The largest absolute Gasteiger partial charge is 0.326 e. The minimum Gasteiger partial charge on any atom is -0.326 e. The molecule has 0 aromatic heterocycles. The standard InChI is InChI=1S/C17H27N3O3S/c1-12(2)20(4)24(22,23)15-8-7-13(3)16(10-15)19-17(21)14-6-5-9-18-11-14/h7-8,10,12,14,18H,5-6,9,11H2,1-4H3,(H,19,21). The fourth-order valence-electron chi connectivity index (χ4n) is 2.65. The van der Waals surface area contributed by atoms with E-state index in [0.717, 1.165) is 24.9 Å². The lowest BCUT2D eigenvalue weighted by Gasteiger charge is -2.23. The molecule has 1 atom stereocenters.